The van der Waals surface area contributed by atoms with Crippen LogP contribution in [0.25, 0.3) is 11.1 Å². The van der Waals surface area contributed by atoms with Crippen molar-refractivity contribution in [2.75, 3.05) is 6.61 Å². The molecule has 27 heavy (non-hydrogen) atoms. The Morgan fingerprint density at radius 3 is 2.63 bits per heavy atom. The van der Waals surface area contributed by atoms with Crippen molar-refractivity contribution in [3.63, 3.8) is 0 Å². The highest BCUT2D eigenvalue weighted by Crippen LogP contribution is 2.31. The van der Waals surface area contributed by atoms with Crippen LogP contribution < -0.4 is 4.74 Å². The Bertz CT molecular complexity index is 981. The molecule has 0 radical (unpaired) electrons. The van der Waals surface area contributed by atoms with Crippen molar-refractivity contribution in [1.82, 2.24) is 9.88 Å². The molecule has 0 aliphatic carbocycles. The van der Waals surface area contributed by atoms with Gasteiger partial charge in [0.1, 0.15) is 18.2 Å². The van der Waals surface area contributed by atoms with Crippen molar-refractivity contribution in [2.45, 2.75) is 26.4 Å². The Morgan fingerprint density at radius 2 is 1.93 bits per heavy atom. The molecule has 6 heteroatoms. The molecule has 1 aliphatic heterocycles. The van der Waals surface area contributed by atoms with E-state index in [0.29, 0.717) is 18.8 Å². The molecule has 1 atom stereocenters. The minimum Gasteiger partial charge on any atom is -0.491 e. The molecular formula is C21H19FN2O3. The van der Waals surface area contributed by atoms with Crippen LogP contribution in [0.2, 0.25) is 0 Å². The van der Waals surface area contributed by atoms with Crippen LogP contribution in [0.5, 0.6) is 5.75 Å². The Hall–Kier alpha value is -3.15. The molecular weight excluding hydrogens is 347 g/mol. The lowest BCUT2D eigenvalue weighted by molar-refractivity contribution is 0.0612. The quantitative estimate of drug-likeness (QED) is 0.682. The summed E-state index contributed by atoms with van der Waals surface area (Å²) in [5.41, 5.74) is 3.31. The third-order valence-electron chi connectivity index (χ3n) is 4.79. The smallest absolute Gasteiger partial charge is 0.292 e. The van der Waals surface area contributed by atoms with E-state index in [1.165, 1.54) is 18.5 Å². The predicted molar refractivity (Wildman–Crippen MR) is 97.9 cm³/mol. The number of oxazole rings is 1. The van der Waals surface area contributed by atoms with Gasteiger partial charge < -0.3 is 14.1 Å². The van der Waals surface area contributed by atoms with Gasteiger partial charge in [0, 0.05) is 5.56 Å². The molecule has 5 nitrogen and oxygen atoms in total. The fraction of sp³-hybridized carbons (Fsp3) is 0.238. The maximum absolute atomic E-state index is 13.2. The minimum absolute atomic E-state index is 0.122. The van der Waals surface area contributed by atoms with E-state index in [9.17, 15) is 9.18 Å². The van der Waals surface area contributed by atoms with E-state index in [1.807, 2.05) is 25.1 Å². The molecule has 1 aromatic heterocycles. The molecule has 0 bridgehead atoms. The molecule has 3 aromatic rings. The number of ether oxygens (including phenoxy) is 1. The normalized spacial score (nSPS) is 16.4. The van der Waals surface area contributed by atoms with Crippen LogP contribution in [0.4, 0.5) is 4.39 Å². The highest BCUT2D eigenvalue weighted by atomic mass is 19.1. The number of halogens is 1. The number of nitrogens with zero attached hydrogens (tertiary/aromatic N) is 2. The third kappa shape index (κ3) is 3.30. The number of carbonyl (C=O) groups is 1. The monoisotopic (exact) mass is 366 g/mol. The molecule has 0 saturated heterocycles. The molecule has 0 unspecified atom stereocenters. The van der Waals surface area contributed by atoms with Gasteiger partial charge in [0.05, 0.1) is 18.3 Å². The van der Waals surface area contributed by atoms with E-state index in [4.69, 9.17) is 9.15 Å². The predicted octanol–water partition coefficient (Wildman–Crippen LogP) is 4.21. The van der Waals surface area contributed by atoms with Crippen LogP contribution in [0.3, 0.4) is 0 Å². The summed E-state index contributed by atoms with van der Waals surface area (Å²) in [5.74, 6) is 0.517. The van der Waals surface area contributed by atoms with Gasteiger partial charge in [-0.25, -0.2) is 9.37 Å². The largest absolute Gasteiger partial charge is 0.491 e. The first kappa shape index (κ1) is 17.3. The van der Waals surface area contributed by atoms with Crippen LogP contribution in [0.1, 0.15) is 28.7 Å². The van der Waals surface area contributed by atoms with Gasteiger partial charge in [-0.15, -0.1) is 0 Å². The average molecular weight is 366 g/mol. The Morgan fingerprint density at radius 1 is 1.19 bits per heavy atom. The lowest BCUT2D eigenvalue weighted by Gasteiger charge is -2.25. The zero-order valence-corrected chi connectivity index (χ0v) is 15.1. The second-order valence-corrected chi connectivity index (χ2v) is 6.69. The number of hydrogen-bond acceptors (Lipinski definition) is 4. The van der Waals surface area contributed by atoms with Gasteiger partial charge in [0.2, 0.25) is 5.76 Å². The zero-order chi connectivity index (χ0) is 19.0. The summed E-state index contributed by atoms with van der Waals surface area (Å²) in [5, 5.41) is 0. The second kappa shape index (κ2) is 6.87. The van der Waals surface area contributed by atoms with Crippen molar-refractivity contribution in [2.24, 2.45) is 0 Å². The first-order valence-electron chi connectivity index (χ1n) is 8.75. The molecule has 0 N–H and O–H groups in total. The maximum Gasteiger partial charge on any atom is 0.292 e. The number of benzene rings is 2. The molecule has 0 fully saturated rings. The van der Waals surface area contributed by atoms with Gasteiger partial charge in [0.15, 0.2) is 6.39 Å². The van der Waals surface area contributed by atoms with Gasteiger partial charge in [-0.05, 0) is 49.2 Å². The fourth-order valence-corrected chi connectivity index (χ4v) is 3.22. The fourth-order valence-electron chi connectivity index (χ4n) is 3.22. The topological polar surface area (TPSA) is 55.6 Å². The zero-order valence-electron chi connectivity index (χ0n) is 15.1. The lowest BCUT2D eigenvalue weighted by atomic mass is 10.0. The maximum atomic E-state index is 13.2. The number of aromatic nitrogens is 1. The molecule has 4 rings (SSSR count). The molecule has 2 aromatic carbocycles. The number of aryl methyl sites for hydroxylation is 1. The standard InChI is InChI=1S/C21H19FN2O3/c1-13-11-26-19-8-5-16(15-3-6-18(22)7-4-15)9-17(19)10-24(13)21(25)20-14(2)23-12-27-20/h3-9,12-13H,10-11H2,1-2H3/t13-/m0/s1. The number of carbonyl (C=O) groups excluding carboxylic acids is 1. The van der Waals surface area contributed by atoms with Crippen LogP contribution in [-0.2, 0) is 6.54 Å². The van der Waals surface area contributed by atoms with Gasteiger partial charge in [-0.1, -0.05) is 18.2 Å². The van der Waals surface area contributed by atoms with Crippen molar-refractivity contribution < 1.29 is 18.3 Å². The number of fused-ring (bicyclic) bond motifs is 1. The van der Waals surface area contributed by atoms with Crippen LogP contribution in [0, 0.1) is 12.7 Å². The van der Waals surface area contributed by atoms with Crippen molar-refractivity contribution in [3.8, 4) is 16.9 Å². The molecule has 138 valence electrons. The molecule has 0 spiro atoms. The summed E-state index contributed by atoms with van der Waals surface area (Å²) < 4.78 is 24.4. The van der Waals surface area contributed by atoms with E-state index < -0.39 is 0 Å². The van der Waals surface area contributed by atoms with E-state index in [0.717, 1.165) is 22.4 Å². The summed E-state index contributed by atoms with van der Waals surface area (Å²) in [6.45, 7) is 4.47. The summed E-state index contributed by atoms with van der Waals surface area (Å²) in [6.07, 6.45) is 1.28. The molecule has 1 amide bonds. The van der Waals surface area contributed by atoms with E-state index >= 15 is 0 Å². The Balaban J connectivity index is 1.68. The Kier molecular flexibility index (Phi) is 4.39. The van der Waals surface area contributed by atoms with Crippen molar-refractivity contribution in [3.05, 3.63) is 71.7 Å². The van der Waals surface area contributed by atoms with Crippen molar-refractivity contribution >= 4 is 5.91 Å². The summed E-state index contributed by atoms with van der Waals surface area (Å²) in [4.78, 5) is 18.7. The van der Waals surface area contributed by atoms with Crippen molar-refractivity contribution in [1.29, 1.82) is 0 Å². The molecule has 0 saturated carbocycles. The number of hydrogen-bond donors (Lipinski definition) is 0. The summed E-state index contributed by atoms with van der Waals surface area (Å²) in [7, 11) is 0. The van der Waals surface area contributed by atoms with E-state index in [2.05, 4.69) is 4.98 Å². The average Bonchev–Trinajstić information content (AvgIpc) is 3.03. The summed E-state index contributed by atoms with van der Waals surface area (Å²) in [6, 6.07) is 12.0. The van der Waals surface area contributed by atoms with Crippen LogP contribution in [0.15, 0.2) is 53.3 Å². The molecule has 2 heterocycles. The van der Waals surface area contributed by atoms with Crippen LogP contribution in [-0.4, -0.2) is 28.4 Å². The van der Waals surface area contributed by atoms with E-state index in [-0.39, 0.29) is 23.5 Å². The van der Waals surface area contributed by atoms with Gasteiger partial charge in [-0.3, -0.25) is 4.79 Å². The van der Waals surface area contributed by atoms with Gasteiger partial charge in [-0.2, -0.15) is 0 Å². The highest BCUT2D eigenvalue weighted by Gasteiger charge is 2.29. The SMILES string of the molecule is Cc1ncoc1C(=O)N1Cc2cc(-c3ccc(F)cc3)ccc2OC[C@@H]1C. The first-order valence-corrected chi connectivity index (χ1v) is 8.75. The highest BCUT2D eigenvalue weighted by molar-refractivity contribution is 5.92. The molecule has 1 aliphatic rings. The Labute approximate surface area is 156 Å². The minimum atomic E-state index is -0.273. The lowest BCUT2D eigenvalue weighted by Crippen LogP contribution is -2.40. The second-order valence-electron chi connectivity index (χ2n) is 6.69. The van der Waals surface area contributed by atoms with Crippen LogP contribution >= 0.6 is 0 Å². The van der Waals surface area contributed by atoms with Gasteiger partial charge in [0.25, 0.3) is 5.91 Å². The van der Waals surface area contributed by atoms with Gasteiger partial charge >= 0.3 is 0 Å². The number of amides is 1. The summed E-state index contributed by atoms with van der Waals surface area (Å²) >= 11 is 0. The third-order valence-corrected chi connectivity index (χ3v) is 4.79. The first-order chi connectivity index (χ1) is 13.0. The van der Waals surface area contributed by atoms with E-state index in [1.54, 1.807) is 24.0 Å². The number of rotatable bonds is 2.